The van der Waals surface area contributed by atoms with Crippen LogP contribution in [0.25, 0.3) is 0 Å². The largest absolute Gasteiger partial charge is 0.497 e. The molecule has 0 spiro atoms. The van der Waals surface area contributed by atoms with Gasteiger partial charge in [-0.05, 0) is 63.6 Å². The third-order valence-electron chi connectivity index (χ3n) is 4.11. The van der Waals surface area contributed by atoms with Gasteiger partial charge in [0.05, 0.1) is 7.11 Å². The molecule has 0 aliphatic carbocycles. The molecule has 0 saturated heterocycles. The Morgan fingerprint density at radius 3 is 2.08 bits per heavy atom. The van der Waals surface area contributed by atoms with Gasteiger partial charge >= 0.3 is 0 Å². The van der Waals surface area contributed by atoms with Gasteiger partial charge < -0.3 is 15.4 Å². The second kappa shape index (κ2) is 7.38. The zero-order valence-corrected chi connectivity index (χ0v) is 15.3. The van der Waals surface area contributed by atoms with Crippen molar-refractivity contribution in [1.29, 1.82) is 0 Å². The van der Waals surface area contributed by atoms with Gasteiger partial charge in [-0.3, -0.25) is 9.59 Å². The van der Waals surface area contributed by atoms with E-state index in [1.165, 1.54) is 0 Å². The van der Waals surface area contributed by atoms with Gasteiger partial charge in [-0.2, -0.15) is 0 Å². The molecule has 25 heavy (non-hydrogen) atoms. The summed E-state index contributed by atoms with van der Waals surface area (Å²) in [5.74, 6) is -0.0322. The van der Waals surface area contributed by atoms with Gasteiger partial charge in [0.15, 0.2) is 0 Å². The molecule has 132 valence electrons. The molecule has 0 aromatic heterocycles. The summed E-state index contributed by atoms with van der Waals surface area (Å²) in [4.78, 5) is 25.2. The minimum Gasteiger partial charge on any atom is -0.497 e. The molecular weight excluding hydrogens is 316 g/mol. The fourth-order valence-corrected chi connectivity index (χ4v) is 2.30. The van der Waals surface area contributed by atoms with Crippen molar-refractivity contribution in [2.75, 3.05) is 17.7 Å². The van der Waals surface area contributed by atoms with Crippen molar-refractivity contribution < 1.29 is 14.3 Å². The highest BCUT2D eigenvalue weighted by atomic mass is 16.5. The smallest absolute Gasteiger partial charge is 0.239 e. The Morgan fingerprint density at radius 1 is 0.920 bits per heavy atom. The van der Waals surface area contributed by atoms with E-state index in [1.54, 1.807) is 45.2 Å². The molecule has 0 aliphatic rings. The van der Waals surface area contributed by atoms with Crippen LogP contribution in [0.4, 0.5) is 11.4 Å². The number of rotatable bonds is 5. The number of hydrogen-bond acceptors (Lipinski definition) is 3. The Hall–Kier alpha value is -2.82. The average Bonchev–Trinajstić information content (AvgIpc) is 2.57. The number of hydrogen-bond donors (Lipinski definition) is 2. The van der Waals surface area contributed by atoms with Crippen molar-refractivity contribution in [2.24, 2.45) is 5.41 Å². The van der Waals surface area contributed by atoms with Gasteiger partial charge in [0.1, 0.15) is 11.2 Å². The van der Waals surface area contributed by atoms with Crippen molar-refractivity contribution in [1.82, 2.24) is 0 Å². The second-order valence-corrected chi connectivity index (χ2v) is 6.58. The van der Waals surface area contributed by atoms with E-state index in [0.717, 1.165) is 11.1 Å². The molecule has 2 aromatic rings. The van der Waals surface area contributed by atoms with E-state index in [0.29, 0.717) is 17.1 Å². The van der Waals surface area contributed by atoms with Crippen LogP contribution in [0.1, 0.15) is 25.0 Å². The lowest BCUT2D eigenvalue weighted by molar-refractivity contribution is -0.135. The molecule has 0 fully saturated rings. The van der Waals surface area contributed by atoms with Crippen molar-refractivity contribution in [3.8, 4) is 5.75 Å². The van der Waals surface area contributed by atoms with Crippen LogP contribution in [0, 0.1) is 19.3 Å². The Morgan fingerprint density at radius 2 is 1.52 bits per heavy atom. The van der Waals surface area contributed by atoms with Gasteiger partial charge in [-0.1, -0.05) is 17.7 Å². The lowest BCUT2D eigenvalue weighted by atomic mass is 9.90. The molecular formula is C20H24N2O3. The molecule has 0 saturated carbocycles. The zero-order chi connectivity index (χ0) is 18.6. The molecule has 5 nitrogen and oxygen atoms in total. The predicted octanol–water partition coefficient (Wildman–Crippen LogP) is 3.92. The number of amides is 2. The molecule has 0 heterocycles. The predicted molar refractivity (Wildman–Crippen MR) is 100.0 cm³/mol. The third-order valence-corrected chi connectivity index (χ3v) is 4.11. The molecule has 2 aromatic carbocycles. The van der Waals surface area contributed by atoms with Crippen molar-refractivity contribution in [3.05, 3.63) is 53.6 Å². The molecule has 0 unspecified atom stereocenters. The first kappa shape index (κ1) is 18.5. The number of ether oxygens (including phenoxy) is 1. The SMILES string of the molecule is COc1ccc(NC(=O)C(C)(C)C(=O)Nc2ccc(C)cc2C)cc1. The first-order chi connectivity index (χ1) is 11.7. The van der Waals surface area contributed by atoms with E-state index in [9.17, 15) is 9.59 Å². The average molecular weight is 340 g/mol. The highest BCUT2D eigenvalue weighted by Gasteiger charge is 2.36. The van der Waals surface area contributed by atoms with Crippen LogP contribution < -0.4 is 15.4 Å². The summed E-state index contributed by atoms with van der Waals surface area (Å²) in [6.45, 7) is 7.12. The fourth-order valence-electron chi connectivity index (χ4n) is 2.30. The van der Waals surface area contributed by atoms with Gasteiger partial charge in [-0.25, -0.2) is 0 Å². The number of carbonyl (C=O) groups is 2. The normalized spacial score (nSPS) is 10.9. The molecule has 0 atom stereocenters. The minimum atomic E-state index is -1.22. The summed E-state index contributed by atoms with van der Waals surface area (Å²) in [6, 6.07) is 12.7. The van der Waals surface area contributed by atoms with E-state index >= 15 is 0 Å². The van der Waals surface area contributed by atoms with Gasteiger partial charge in [0, 0.05) is 11.4 Å². The molecule has 0 aliphatic heterocycles. The van der Waals surface area contributed by atoms with Gasteiger partial charge in [-0.15, -0.1) is 0 Å². The first-order valence-corrected chi connectivity index (χ1v) is 8.08. The number of aryl methyl sites for hydroxylation is 2. The van der Waals surface area contributed by atoms with Crippen LogP contribution in [0.3, 0.4) is 0 Å². The van der Waals surface area contributed by atoms with E-state index in [-0.39, 0.29) is 11.8 Å². The molecule has 0 bridgehead atoms. The highest BCUT2D eigenvalue weighted by molar-refractivity contribution is 6.14. The van der Waals surface area contributed by atoms with Crippen LogP contribution >= 0.6 is 0 Å². The monoisotopic (exact) mass is 340 g/mol. The number of carbonyl (C=O) groups excluding carboxylic acids is 2. The lowest BCUT2D eigenvalue weighted by Crippen LogP contribution is -2.41. The van der Waals surface area contributed by atoms with E-state index in [1.807, 2.05) is 32.0 Å². The highest BCUT2D eigenvalue weighted by Crippen LogP contribution is 2.24. The number of anilines is 2. The minimum absolute atomic E-state index is 0.356. The third kappa shape index (κ3) is 4.38. The van der Waals surface area contributed by atoms with Crippen molar-refractivity contribution in [3.63, 3.8) is 0 Å². The second-order valence-electron chi connectivity index (χ2n) is 6.58. The summed E-state index contributed by atoms with van der Waals surface area (Å²) < 4.78 is 5.09. The Balaban J connectivity index is 2.09. The van der Waals surface area contributed by atoms with Gasteiger partial charge in [0.2, 0.25) is 11.8 Å². The van der Waals surface area contributed by atoms with E-state index < -0.39 is 5.41 Å². The fraction of sp³-hybridized carbons (Fsp3) is 0.300. The topological polar surface area (TPSA) is 67.4 Å². The van der Waals surface area contributed by atoms with Crippen LogP contribution in [-0.4, -0.2) is 18.9 Å². The first-order valence-electron chi connectivity index (χ1n) is 8.08. The quantitative estimate of drug-likeness (QED) is 0.811. The standard InChI is InChI=1S/C20H24N2O3/c1-13-6-11-17(14(2)12-13)22-19(24)20(3,4)18(23)21-15-7-9-16(25-5)10-8-15/h6-12H,1-5H3,(H,21,23)(H,22,24). The molecule has 2 amide bonds. The Kier molecular flexibility index (Phi) is 5.47. The van der Waals surface area contributed by atoms with Crippen LogP contribution in [-0.2, 0) is 9.59 Å². The summed E-state index contributed by atoms with van der Waals surface area (Å²) in [5, 5.41) is 5.61. The van der Waals surface area contributed by atoms with Crippen molar-refractivity contribution in [2.45, 2.75) is 27.7 Å². The molecule has 5 heteroatoms. The van der Waals surface area contributed by atoms with Crippen LogP contribution in [0.5, 0.6) is 5.75 Å². The molecule has 2 N–H and O–H groups in total. The van der Waals surface area contributed by atoms with Crippen molar-refractivity contribution >= 4 is 23.2 Å². The van der Waals surface area contributed by atoms with E-state index in [4.69, 9.17) is 4.74 Å². The van der Waals surface area contributed by atoms with Crippen LogP contribution in [0.15, 0.2) is 42.5 Å². The summed E-state index contributed by atoms with van der Waals surface area (Å²) in [6.07, 6.45) is 0. The Bertz CT molecular complexity index is 780. The Labute approximate surface area is 148 Å². The summed E-state index contributed by atoms with van der Waals surface area (Å²) >= 11 is 0. The summed E-state index contributed by atoms with van der Waals surface area (Å²) in [5.41, 5.74) is 2.17. The zero-order valence-electron chi connectivity index (χ0n) is 15.3. The number of benzene rings is 2. The van der Waals surface area contributed by atoms with Gasteiger partial charge in [0.25, 0.3) is 0 Å². The summed E-state index contributed by atoms with van der Waals surface area (Å²) in [7, 11) is 1.58. The van der Waals surface area contributed by atoms with Crippen LogP contribution in [0.2, 0.25) is 0 Å². The molecule has 2 rings (SSSR count). The lowest BCUT2D eigenvalue weighted by Gasteiger charge is -2.23. The number of methoxy groups -OCH3 is 1. The maximum Gasteiger partial charge on any atom is 0.239 e. The number of nitrogens with one attached hydrogen (secondary N) is 2. The molecule has 0 radical (unpaired) electrons. The maximum atomic E-state index is 12.6. The van der Waals surface area contributed by atoms with E-state index in [2.05, 4.69) is 10.6 Å². The maximum absolute atomic E-state index is 12.6.